The van der Waals surface area contributed by atoms with Crippen LogP contribution in [-0.4, -0.2) is 28.8 Å². The van der Waals surface area contributed by atoms with Crippen molar-refractivity contribution in [2.45, 2.75) is 26.0 Å². The predicted octanol–water partition coefficient (Wildman–Crippen LogP) is 2.22. The average Bonchev–Trinajstić information content (AvgIpc) is 2.54. The molecule has 1 aromatic carbocycles. The molecule has 0 fully saturated rings. The van der Waals surface area contributed by atoms with Crippen LogP contribution in [0.1, 0.15) is 29.5 Å². The van der Waals surface area contributed by atoms with E-state index in [2.05, 4.69) is 15.3 Å². The van der Waals surface area contributed by atoms with Gasteiger partial charge in [0.15, 0.2) is 5.82 Å². The largest absolute Gasteiger partial charge is 0.497 e. The smallest absolute Gasteiger partial charge is 0.156 e. The van der Waals surface area contributed by atoms with Gasteiger partial charge in [-0.15, -0.1) is 0 Å². The topological polar surface area (TPSA) is 76.5 Å². The van der Waals surface area contributed by atoms with Crippen LogP contribution < -0.4 is 14.8 Å². The van der Waals surface area contributed by atoms with E-state index >= 15 is 0 Å². The number of hydrogen-bond donors (Lipinski definition) is 2. The third kappa shape index (κ3) is 2.96. The van der Waals surface area contributed by atoms with Gasteiger partial charge in [-0.25, -0.2) is 9.97 Å². The molecule has 0 spiro atoms. The molecule has 0 amide bonds. The summed E-state index contributed by atoms with van der Waals surface area (Å²) in [5.74, 6) is 2.74. The van der Waals surface area contributed by atoms with Gasteiger partial charge in [0.1, 0.15) is 23.9 Å². The molecule has 3 rings (SSSR count). The number of hydrogen-bond acceptors (Lipinski definition) is 6. The Kier molecular flexibility index (Phi) is 4.11. The van der Waals surface area contributed by atoms with Crippen molar-refractivity contribution in [3.8, 4) is 11.5 Å². The zero-order valence-corrected chi connectivity index (χ0v) is 12.7. The monoisotopic (exact) mass is 301 g/mol. The highest BCUT2D eigenvalue weighted by Gasteiger charge is 2.22. The molecule has 0 radical (unpaired) electrons. The van der Waals surface area contributed by atoms with Crippen LogP contribution in [0.4, 0.5) is 5.82 Å². The average molecular weight is 301 g/mol. The fourth-order valence-electron chi connectivity index (χ4n) is 2.60. The first-order valence-electron chi connectivity index (χ1n) is 7.22. The second kappa shape index (κ2) is 6.19. The first-order chi connectivity index (χ1) is 10.7. The van der Waals surface area contributed by atoms with Crippen molar-refractivity contribution >= 4 is 5.82 Å². The van der Waals surface area contributed by atoms with Gasteiger partial charge in [0.2, 0.25) is 0 Å². The summed E-state index contributed by atoms with van der Waals surface area (Å²) in [6, 6.07) is 7.81. The second-order valence-electron chi connectivity index (χ2n) is 5.21. The number of aliphatic hydroxyl groups excluding tert-OH is 1. The van der Waals surface area contributed by atoms with Crippen LogP contribution in [0.5, 0.6) is 11.5 Å². The minimum Gasteiger partial charge on any atom is -0.497 e. The molecule has 0 saturated carbocycles. The molecule has 2 heterocycles. The zero-order valence-electron chi connectivity index (χ0n) is 12.7. The maximum Gasteiger partial charge on any atom is 0.156 e. The van der Waals surface area contributed by atoms with Gasteiger partial charge in [-0.1, -0.05) is 0 Å². The van der Waals surface area contributed by atoms with Crippen molar-refractivity contribution < 1.29 is 14.6 Å². The summed E-state index contributed by atoms with van der Waals surface area (Å²) in [7, 11) is 1.64. The van der Waals surface area contributed by atoms with Gasteiger partial charge in [0, 0.05) is 29.8 Å². The molecule has 1 unspecified atom stereocenters. The first-order valence-corrected chi connectivity index (χ1v) is 7.22. The second-order valence-corrected chi connectivity index (χ2v) is 5.21. The minimum atomic E-state index is -0.169. The number of methoxy groups -OCH3 is 1. The Hall–Kier alpha value is -2.34. The molecule has 1 aliphatic heterocycles. The van der Waals surface area contributed by atoms with Gasteiger partial charge >= 0.3 is 0 Å². The van der Waals surface area contributed by atoms with E-state index in [0.717, 1.165) is 29.2 Å². The van der Waals surface area contributed by atoms with Crippen molar-refractivity contribution in [2.75, 3.05) is 19.0 Å². The molecule has 0 saturated heterocycles. The lowest BCUT2D eigenvalue weighted by Crippen LogP contribution is -2.21. The molecule has 2 aromatic rings. The Morgan fingerprint density at radius 2 is 2.23 bits per heavy atom. The minimum absolute atomic E-state index is 0.107. The van der Waals surface area contributed by atoms with Crippen LogP contribution in [0.25, 0.3) is 0 Å². The molecular formula is C16H19N3O3. The molecule has 2 N–H and O–H groups in total. The molecule has 0 bridgehead atoms. The van der Waals surface area contributed by atoms with Crippen molar-refractivity contribution in [2.24, 2.45) is 0 Å². The highest BCUT2D eigenvalue weighted by molar-refractivity contribution is 5.48. The Labute approximate surface area is 129 Å². The summed E-state index contributed by atoms with van der Waals surface area (Å²) < 4.78 is 10.9. The Bertz CT molecular complexity index is 676. The molecule has 1 aliphatic rings. The van der Waals surface area contributed by atoms with E-state index in [1.807, 2.05) is 31.2 Å². The summed E-state index contributed by atoms with van der Waals surface area (Å²) in [5.41, 5.74) is 1.90. The molecule has 1 aromatic heterocycles. The zero-order chi connectivity index (χ0) is 15.5. The fraction of sp³-hybridized carbons (Fsp3) is 0.375. The number of fused-ring (bicyclic) bond motifs is 1. The van der Waals surface area contributed by atoms with Crippen LogP contribution >= 0.6 is 0 Å². The van der Waals surface area contributed by atoms with E-state index in [1.165, 1.54) is 0 Å². The van der Waals surface area contributed by atoms with Crippen LogP contribution in [-0.2, 0) is 6.61 Å². The molecular weight excluding hydrogens is 282 g/mol. The molecule has 6 heteroatoms. The SMILES string of the molecule is COc1ccc2c(c1)OCCC2Nc1cc(C)nc(CO)n1. The lowest BCUT2D eigenvalue weighted by molar-refractivity contribution is 0.269. The number of nitrogens with one attached hydrogen (secondary N) is 1. The number of rotatable bonds is 4. The summed E-state index contributed by atoms with van der Waals surface area (Å²) in [5, 5.41) is 12.6. The number of aromatic nitrogens is 2. The van der Waals surface area contributed by atoms with Gasteiger partial charge in [-0.2, -0.15) is 0 Å². The third-order valence-corrected chi connectivity index (χ3v) is 3.62. The molecule has 0 aliphatic carbocycles. The quantitative estimate of drug-likeness (QED) is 0.902. The van der Waals surface area contributed by atoms with Crippen LogP contribution in [0.2, 0.25) is 0 Å². The van der Waals surface area contributed by atoms with Crippen LogP contribution in [0.15, 0.2) is 24.3 Å². The van der Waals surface area contributed by atoms with Crippen molar-refractivity contribution in [1.29, 1.82) is 0 Å². The van der Waals surface area contributed by atoms with E-state index < -0.39 is 0 Å². The lowest BCUT2D eigenvalue weighted by atomic mass is 10.0. The number of ether oxygens (including phenoxy) is 2. The fourth-order valence-corrected chi connectivity index (χ4v) is 2.60. The number of anilines is 1. The highest BCUT2D eigenvalue weighted by Crippen LogP contribution is 2.36. The Morgan fingerprint density at radius 1 is 1.36 bits per heavy atom. The normalized spacial score (nSPS) is 16.6. The molecule has 6 nitrogen and oxygen atoms in total. The first kappa shape index (κ1) is 14.6. The predicted molar refractivity (Wildman–Crippen MR) is 82.2 cm³/mol. The Morgan fingerprint density at radius 3 is 3.00 bits per heavy atom. The van der Waals surface area contributed by atoms with Crippen molar-refractivity contribution in [1.82, 2.24) is 9.97 Å². The Balaban J connectivity index is 1.87. The van der Waals surface area contributed by atoms with Crippen LogP contribution in [0.3, 0.4) is 0 Å². The van der Waals surface area contributed by atoms with E-state index in [9.17, 15) is 5.11 Å². The standard InChI is InChI=1S/C16H19N3O3/c1-10-7-15(19-16(9-20)17-10)18-13-5-6-22-14-8-11(21-2)3-4-12(13)14/h3-4,7-8,13,20H,5-6,9H2,1-2H3,(H,17,18,19). The number of aryl methyl sites for hydroxylation is 1. The third-order valence-electron chi connectivity index (χ3n) is 3.62. The van der Waals surface area contributed by atoms with E-state index in [0.29, 0.717) is 18.2 Å². The van der Waals surface area contributed by atoms with Crippen molar-refractivity contribution in [3.05, 3.63) is 41.3 Å². The van der Waals surface area contributed by atoms with Crippen LogP contribution in [0, 0.1) is 6.92 Å². The van der Waals surface area contributed by atoms with Gasteiger partial charge in [-0.05, 0) is 19.1 Å². The highest BCUT2D eigenvalue weighted by atomic mass is 16.5. The van der Waals surface area contributed by atoms with Gasteiger partial charge in [-0.3, -0.25) is 0 Å². The van der Waals surface area contributed by atoms with Gasteiger partial charge < -0.3 is 19.9 Å². The number of aliphatic hydroxyl groups is 1. The summed E-state index contributed by atoms with van der Waals surface area (Å²) >= 11 is 0. The summed E-state index contributed by atoms with van der Waals surface area (Å²) in [6.45, 7) is 2.35. The maximum absolute atomic E-state index is 9.22. The molecule has 116 valence electrons. The lowest BCUT2D eigenvalue weighted by Gasteiger charge is -2.27. The van der Waals surface area contributed by atoms with E-state index in [-0.39, 0.29) is 12.6 Å². The van der Waals surface area contributed by atoms with Gasteiger partial charge in [0.25, 0.3) is 0 Å². The number of benzene rings is 1. The summed E-state index contributed by atoms with van der Waals surface area (Å²) in [4.78, 5) is 8.49. The van der Waals surface area contributed by atoms with Gasteiger partial charge in [0.05, 0.1) is 19.8 Å². The molecule has 1 atom stereocenters. The van der Waals surface area contributed by atoms with E-state index in [1.54, 1.807) is 7.11 Å². The van der Waals surface area contributed by atoms with E-state index in [4.69, 9.17) is 9.47 Å². The number of nitrogens with zero attached hydrogens (tertiary/aromatic N) is 2. The summed E-state index contributed by atoms with van der Waals surface area (Å²) in [6.07, 6.45) is 0.844. The van der Waals surface area contributed by atoms with Crippen molar-refractivity contribution in [3.63, 3.8) is 0 Å². The maximum atomic E-state index is 9.22. The molecule has 22 heavy (non-hydrogen) atoms.